The number of aromatic hydroxyl groups is 2. The van der Waals surface area contributed by atoms with Gasteiger partial charge in [-0.2, -0.15) is 5.10 Å². The number of phenols is 2. The summed E-state index contributed by atoms with van der Waals surface area (Å²) >= 11 is 5.77. The fourth-order valence-electron chi connectivity index (χ4n) is 1.99. The first-order valence-electron chi connectivity index (χ1n) is 7.29. The molecule has 0 radical (unpaired) electrons. The Bertz CT molecular complexity index is 885. The van der Waals surface area contributed by atoms with Crippen molar-refractivity contribution in [3.05, 3.63) is 56.6 Å². The van der Waals surface area contributed by atoms with Gasteiger partial charge in [-0.05, 0) is 25.1 Å². The zero-order valence-corrected chi connectivity index (χ0v) is 14.2. The van der Waals surface area contributed by atoms with Gasteiger partial charge in [-0.1, -0.05) is 11.6 Å². The number of phenolic OH excluding ortho intramolecular Hbond substituents is 2. The predicted octanol–water partition coefficient (Wildman–Crippen LogP) is 2.82. The quantitative estimate of drug-likeness (QED) is 0.401. The number of carbonyl (C=O) groups is 1. The number of benzene rings is 2. The van der Waals surface area contributed by atoms with E-state index in [2.05, 4.69) is 10.5 Å². The third-order valence-corrected chi connectivity index (χ3v) is 3.41. The van der Waals surface area contributed by atoms with Crippen LogP contribution in [-0.4, -0.2) is 33.9 Å². The summed E-state index contributed by atoms with van der Waals surface area (Å²) in [5, 5.41) is 34.6. The summed E-state index contributed by atoms with van der Waals surface area (Å²) in [5.41, 5.74) is 1.69. The number of hydrogen-bond acceptors (Lipinski definition) is 7. The lowest BCUT2D eigenvalue weighted by Crippen LogP contribution is -2.17. The van der Waals surface area contributed by atoms with Crippen molar-refractivity contribution < 1.29 is 24.7 Å². The highest BCUT2D eigenvalue weighted by Gasteiger charge is 2.16. The van der Waals surface area contributed by atoms with Crippen molar-refractivity contribution in [1.29, 1.82) is 0 Å². The number of hydrazone groups is 1. The molecule has 0 unspecified atom stereocenters. The van der Waals surface area contributed by atoms with E-state index in [0.717, 1.165) is 18.3 Å². The van der Waals surface area contributed by atoms with Crippen molar-refractivity contribution in [2.45, 2.75) is 6.92 Å². The molecule has 0 saturated carbocycles. The largest absolute Gasteiger partial charge is 0.507 e. The topological polar surface area (TPSA) is 134 Å². The molecule has 0 aliphatic heterocycles. The minimum absolute atomic E-state index is 0.0294. The average Bonchev–Trinajstić information content (AvgIpc) is 2.59. The van der Waals surface area contributed by atoms with Gasteiger partial charge in [-0.3, -0.25) is 14.9 Å². The Labute approximate surface area is 152 Å². The molecule has 0 atom stereocenters. The number of carbonyl (C=O) groups excluding carboxylic acids is 1. The number of nitrogens with one attached hydrogen (secondary N) is 1. The maximum atomic E-state index is 12.0. The number of non-ortho nitro benzene ring substituents is 1. The highest BCUT2D eigenvalue weighted by molar-refractivity contribution is 6.31. The summed E-state index contributed by atoms with van der Waals surface area (Å²) in [4.78, 5) is 22.3. The van der Waals surface area contributed by atoms with Gasteiger partial charge in [0.05, 0.1) is 29.4 Å². The van der Waals surface area contributed by atoms with E-state index in [1.807, 2.05) is 0 Å². The number of ether oxygens (including phenoxy) is 1. The van der Waals surface area contributed by atoms with E-state index in [1.54, 1.807) is 6.92 Å². The molecule has 1 amide bonds. The third kappa shape index (κ3) is 4.39. The number of hydrogen-bond donors (Lipinski definition) is 3. The second kappa shape index (κ2) is 8.17. The average molecular weight is 380 g/mol. The van der Waals surface area contributed by atoms with Crippen molar-refractivity contribution in [1.82, 2.24) is 5.43 Å². The molecule has 2 rings (SSSR count). The Morgan fingerprint density at radius 1 is 1.38 bits per heavy atom. The predicted molar refractivity (Wildman–Crippen MR) is 94.1 cm³/mol. The van der Waals surface area contributed by atoms with Gasteiger partial charge in [0.1, 0.15) is 5.75 Å². The second-order valence-electron chi connectivity index (χ2n) is 4.93. The van der Waals surface area contributed by atoms with Crippen molar-refractivity contribution >= 4 is 29.4 Å². The summed E-state index contributed by atoms with van der Waals surface area (Å²) in [6.45, 7) is 1.85. The van der Waals surface area contributed by atoms with Gasteiger partial charge in [-0.15, -0.1) is 0 Å². The summed E-state index contributed by atoms with van der Waals surface area (Å²) < 4.78 is 5.14. The van der Waals surface area contributed by atoms with Crippen molar-refractivity contribution in [3.8, 4) is 17.2 Å². The summed E-state index contributed by atoms with van der Waals surface area (Å²) in [5.74, 6) is -1.49. The van der Waals surface area contributed by atoms with Gasteiger partial charge in [0.2, 0.25) is 0 Å². The lowest BCUT2D eigenvalue weighted by Gasteiger charge is -2.08. The van der Waals surface area contributed by atoms with E-state index in [0.29, 0.717) is 0 Å². The molecular formula is C16H14ClN3O6. The monoisotopic (exact) mass is 379 g/mol. The molecule has 26 heavy (non-hydrogen) atoms. The van der Waals surface area contributed by atoms with Crippen LogP contribution < -0.4 is 10.2 Å². The number of rotatable bonds is 6. The number of halogens is 1. The van der Waals surface area contributed by atoms with Crippen LogP contribution in [0.5, 0.6) is 17.2 Å². The minimum atomic E-state index is -0.754. The Morgan fingerprint density at radius 3 is 2.77 bits per heavy atom. The number of nitrogens with zero attached hydrogens (tertiary/aromatic N) is 2. The van der Waals surface area contributed by atoms with E-state index in [4.69, 9.17) is 16.3 Å². The van der Waals surface area contributed by atoms with Gasteiger partial charge in [0.15, 0.2) is 11.5 Å². The molecule has 0 fully saturated rings. The third-order valence-electron chi connectivity index (χ3n) is 3.17. The lowest BCUT2D eigenvalue weighted by molar-refractivity contribution is -0.385. The first-order valence-corrected chi connectivity index (χ1v) is 7.67. The molecule has 2 aromatic rings. The molecule has 10 heteroatoms. The van der Waals surface area contributed by atoms with Crippen LogP contribution in [0.1, 0.15) is 22.8 Å². The maximum Gasteiger partial charge on any atom is 0.275 e. The van der Waals surface area contributed by atoms with Crippen molar-refractivity contribution in [2.75, 3.05) is 6.61 Å². The molecule has 0 heterocycles. The van der Waals surface area contributed by atoms with Gasteiger partial charge in [0, 0.05) is 16.7 Å². The molecule has 0 saturated heterocycles. The normalized spacial score (nSPS) is 10.7. The molecule has 9 nitrogen and oxygen atoms in total. The molecule has 0 aliphatic rings. The minimum Gasteiger partial charge on any atom is -0.507 e. The van der Waals surface area contributed by atoms with Crippen LogP contribution >= 0.6 is 11.6 Å². The van der Waals surface area contributed by atoms with E-state index in [1.165, 1.54) is 18.2 Å². The van der Waals surface area contributed by atoms with Gasteiger partial charge >= 0.3 is 0 Å². The van der Waals surface area contributed by atoms with Crippen LogP contribution in [0.25, 0.3) is 0 Å². The molecule has 0 spiro atoms. The van der Waals surface area contributed by atoms with Crippen LogP contribution in [0, 0.1) is 10.1 Å². The highest BCUT2D eigenvalue weighted by atomic mass is 35.5. The number of nitro benzene ring substituents is 1. The van der Waals surface area contributed by atoms with E-state index >= 15 is 0 Å². The standard InChI is InChI=1S/C16H14ClN3O6/c1-2-26-14-7-11(20(24)25)5-9(15(14)22)8-18-19-16(23)12-6-10(17)3-4-13(12)21/h3-8,21-22H,2H2,1H3,(H,19,23)/b18-8-. The Hall–Kier alpha value is -3.33. The van der Waals surface area contributed by atoms with Crippen LogP contribution in [-0.2, 0) is 0 Å². The Morgan fingerprint density at radius 2 is 2.12 bits per heavy atom. The fraction of sp³-hybridized carbons (Fsp3) is 0.125. The smallest absolute Gasteiger partial charge is 0.275 e. The van der Waals surface area contributed by atoms with Crippen LogP contribution in [0.4, 0.5) is 5.69 Å². The van der Waals surface area contributed by atoms with Crippen LogP contribution in [0.3, 0.4) is 0 Å². The van der Waals surface area contributed by atoms with Crippen LogP contribution in [0.2, 0.25) is 5.02 Å². The second-order valence-corrected chi connectivity index (χ2v) is 5.37. The summed E-state index contributed by atoms with van der Waals surface area (Å²) in [6, 6.07) is 6.07. The Kier molecular flexibility index (Phi) is 5.97. The first kappa shape index (κ1) is 19.0. The number of nitro groups is 1. The first-order chi connectivity index (χ1) is 12.3. The van der Waals surface area contributed by atoms with E-state index < -0.39 is 10.8 Å². The Balaban J connectivity index is 2.25. The number of amides is 1. The van der Waals surface area contributed by atoms with Crippen LogP contribution in [0.15, 0.2) is 35.4 Å². The fourth-order valence-corrected chi connectivity index (χ4v) is 2.17. The van der Waals surface area contributed by atoms with Crippen molar-refractivity contribution in [3.63, 3.8) is 0 Å². The maximum absolute atomic E-state index is 12.0. The van der Waals surface area contributed by atoms with E-state index in [-0.39, 0.29) is 45.7 Å². The zero-order chi connectivity index (χ0) is 19.3. The molecule has 0 aliphatic carbocycles. The lowest BCUT2D eigenvalue weighted by atomic mass is 10.1. The summed E-state index contributed by atoms with van der Waals surface area (Å²) in [7, 11) is 0. The molecule has 0 aromatic heterocycles. The molecule has 3 N–H and O–H groups in total. The van der Waals surface area contributed by atoms with Gasteiger partial charge in [-0.25, -0.2) is 5.43 Å². The van der Waals surface area contributed by atoms with Gasteiger partial charge in [0.25, 0.3) is 11.6 Å². The van der Waals surface area contributed by atoms with Crippen molar-refractivity contribution in [2.24, 2.45) is 5.10 Å². The molecule has 2 aromatic carbocycles. The molecular weight excluding hydrogens is 366 g/mol. The zero-order valence-electron chi connectivity index (χ0n) is 13.5. The van der Waals surface area contributed by atoms with E-state index in [9.17, 15) is 25.1 Å². The summed E-state index contributed by atoms with van der Waals surface area (Å²) in [6.07, 6.45) is 1.02. The van der Waals surface area contributed by atoms with Gasteiger partial charge < -0.3 is 14.9 Å². The molecule has 136 valence electrons. The highest BCUT2D eigenvalue weighted by Crippen LogP contribution is 2.33. The SMILES string of the molecule is CCOc1cc([N+](=O)[O-])cc(/C=N\NC(=O)c2cc(Cl)ccc2O)c1O. The molecule has 0 bridgehead atoms.